The number of amides is 1. The van der Waals surface area contributed by atoms with Gasteiger partial charge in [-0.05, 0) is 38.0 Å². The molecule has 1 amide bonds. The first-order chi connectivity index (χ1) is 16.5. The maximum Gasteiger partial charge on any atom is 0.222 e. The van der Waals surface area contributed by atoms with Gasteiger partial charge in [-0.25, -0.2) is 14.6 Å². The van der Waals surface area contributed by atoms with E-state index in [4.69, 9.17) is 10.7 Å². The molecule has 4 aromatic heterocycles. The minimum absolute atomic E-state index is 0.0372. The number of nitrogen functional groups attached to an aromatic ring is 1. The molecule has 174 valence electrons. The van der Waals surface area contributed by atoms with Crippen molar-refractivity contribution in [3.8, 4) is 16.9 Å². The van der Waals surface area contributed by atoms with E-state index in [0.717, 1.165) is 24.0 Å². The lowest BCUT2D eigenvalue weighted by Crippen LogP contribution is -2.38. The second-order valence-electron chi connectivity index (χ2n) is 8.47. The third kappa shape index (κ3) is 3.70. The number of Topliss-reactive ketones (excluding diaryl/α,β-unsaturated/α-hetero) is 1. The summed E-state index contributed by atoms with van der Waals surface area (Å²) in [6.07, 6.45) is 8.93. The summed E-state index contributed by atoms with van der Waals surface area (Å²) in [5, 5.41) is 8.63. The predicted octanol–water partition coefficient (Wildman–Crippen LogP) is 2.88. The molecule has 10 heteroatoms. The maximum atomic E-state index is 12.6. The molecule has 0 unspecified atom stereocenters. The van der Waals surface area contributed by atoms with E-state index in [1.54, 1.807) is 23.3 Å². The molecule has 1 saturated heterocycles. The minimum atomic E-state index is -0.142. The van der Waals surface area contributed by atoms with Gasteiger partial charge in [-0.2, -0.15) is 14.7 Å². The first-order valence-corrected chi connectivity index (χ1v) is 11.4. The Morgan fingerprint density at radius 1 is 1.15 bits per heavy atom. The molecular formula is C24H26N8O2. The number of hydrogen-bond donors (Lipinski definition) is 1. The Kier molecular flexibility index (Phi) is 5.56. The van der Waals surface area contributed by atoms with Gasteiger partial charge in [0.05, 0.1) is 17.5 Å². The summed E-state index contributed by atoms with van der Waals surface area (Å²) in [6, 6.07) is 5.65. The largest absolute Gasteiger partial charge is 0.383 e. The summed E-state index contributed by atoms with van der Waals surface area (Å²) in [4.78, 5) is 36.0. The van der Waals surface area contributed by atoms with Gasteiger partial charge in [-0.1, -0.05) is 6.92 Å². The van der Waals surface area contributed by atoms with Gasteiger partial charge in [0.25, 0.3) is 0 Å². The molecule has 0 bridgehead atoms. The van der Waals surface area contributed by atoms with Crippen molar-refractivity contribution in [1.82, 2.24) is 34.3 Å². The maximum absolute atomic E-state index is 12.6. The molecule has 0 aromatic carbocycles. The second-order valence-corrected chi connectivity index (χ2v) is 8.47. The first-order valence-electron chi connectivity index (χ1n) is 11.4. The summed E-state index contributed by atoms with van der Waals surface area (Å²) < 4.78 is 3.20. The van der Waals surface area contributed by atoms with E-state index in [1.165, 1.54) is 11.4 Å². The molecule has 0 aliphatic carbocycles. The number of nitrogens with two attached hydrogens (primary N) is 1. The van der Waals surface area contributed by atoms with Crippen molar-refractivity contribution >= 4 is 23.2 Å². The van der Waals surface area contributed by atoms with Gasteiger partial charge in [0.2, 0.25) is 5.91 Å². The number of carbonyl (C=O) groups excluding carboxylic acids is 2. The molecule has 5 rings (SSSR count). The lowest BCUT2D eigenvalue weighted by Gasteiger charge is -2.32. The molecule has 4 aromatic rings. The number of rotatable bonds is 5. The van der Waals surface area contributed by atoms with Crippen LogP contribution in [-0.4, -0.2) is 59.0 Å². The highest BCUT2D eigenvalue weighted by Crippen LogP contribution is 2.34. The fourth-order valence-corrected chi connectivity index (χ4v) is 4.60. The second kappa shape index (κ2) is 8.69. The van der Waals surface area contributed by atoms with Gasteiger partial charge in [0.1, 0.15) is 5.82 Å². The summed E-state index contributed by atoms with van der Waals surface area (Å²) in [6.45, 7) is 4.66. The molecule has 10 nitrogen and oxygen atoms in total. The Morgan fingerprint density at radius 3 is 2.56 bits per heavy atom. The third-order valence-corrected chi connectivity index (χ3v) is 6.40. The molecule has 0 atom stereocenters. The van der Waals surface area contributed by atoms with Gasteiger partial charge in [0, 0.05) is 55.1 Å². The topological polar surface area (TPSA) is 124 Å². The highest BCUT2D eigenvalue weighted by Gasteiger charge is 2.29. The molecule has 2 N–H and O–H groups in total. The van der Waals surface area contributed by atoms with Crippen LogP contribution in [0.2, 0.25) is 0 Å². The van der Waals surface area contributed by atoms with E-state index in [-0.39, 0.29) is 23.4 Å². The zero-order valence-corrected chi connectivity index (χ0v) is 19.2. The van der Waals surface area contributed by atoms with Crippen LogP contribution < -0.4 is 5.73 Å². The number of aromatic nitrogens is 6. The van der Waals surface area contributed by atoms with E-state index in [1.807, 2.05) is 36.2 Å². The Morgan fingerprint density at radius 2 is 1.94 bits per heavy atom. The van der Waals surface area contributed by atoms with Gasteiger partial charge in [-0.15, -0.1) is 0 Å². The lowest BCUT2D eigenvalue weighted by atomic mass is 9.89. The predicted molar refractivity (Wildman–Crippen MR) is 127 cm³/mol. The Balaban J connectivity index is 1.54. The smallest absolute Gasteiger partial charge is 0.222 e. The summed E-state index contributed by atoms with van der Waals surface area (Å²) in [5.74, 6) is 1.03. The number of pyridine rings is 1. The Labute approximate surface area is 196 Å². The molecule has 5 heterocycles. The average Bonchev–Trinajstić information content (AvgIpc) is 3.54. The molecule has 1 fully saturated rings. The average molecular weight is 459 g/mol. The zero-order chi connectivity index (χ0) is 23.8. The normalized spacial score (nSPS) is 14.6. The van der Waals surface area contributed by atoms with E-state index in [0.29, 0.717) is 42.2 Å². The molecule has 0 spiro atoms. The van der Waals surface area contributed by atoms with Crippen molar-refractivity contribution in [2.75, 3.05) is 18.8 Å². The van der Waals surface area contributed by atoms with Crippen LogP contribution >= 0.6 is 0 Å². The summed E-state index contributed by atoms with van der Waals surface area (Å²) >= 11 is 0. The van der Waals surface area contributed by atoms with Crippen LogP contribution in [0.25, 0.3) is 22.6 Å². The van der Waals surface area contributed by atoms with Crippen LogP contribution in [-0.2, 0) is 4.79 Å². The Bertz CT molecular complexity index is 1350. The number of anilines is 1. The molecule has 0 radical (unpaired) electrons. The molecular weight excluding hydrogens is 432 g/mol. The van der Waals surface area contributed by atoms with Crippen LogP contribution in [0.1, 0.15) is 55.1 Å². The van der Waals surface area contributed by atoms with Crippen molar-refractivity contribution in [2.45, 2.75) is 39.0 Å². The van der Waals surface area contributed by atoms with Crippen molar-refractivity contribution in [2.24, 2.45) is 0 Å². The van der Waals surface area contributed by atoms with E-state index in [2.05, 4.69) is 15.2 Å². The van der Waals surface area contributed by atoms with Gasteiger partial charge in [0.15, 0.2) is 17.2 Å². The SMILES string of the molecule is CCC(=O)N1CCC(c2nc3c(-c4ccc(-n5cccn5)nc4)cnn3c(N)c2C(C)=O)CC1. The fraction of sp³-hybridized carbons (Fsp3) is 0.333. The van der Waals surface area contributed by atoms with Gasteiger partial charge >= 0.3 is 0 Å². The molecule has 0 saturated carbocycles. The number of nitrogens with zero attached hydrogens (tertiary/aromatic N) is 7. The summed E-state index contributed by atoms with van der Waals surface area (Å²) in [7, 11) is 0. The van der Waals surface area contributed by atoms with Crippen LogP contribution in [0.3, 0.4) is 0 Å². The Hall–Kier alpha value is -4.08. The van der Waals surface area contributed by atoms with Crippen LogP contribution in [0.5, 0.6) is 0 Å². The van der Waals surface area contributed by atoms with Crippen molar-refractivity contribution in [1.29, 1.82) is 0 Å². The van der Waals surface area contributed by atoms with E-state index in [9.17, 15) is 9.59 Å². The van der Waals surface area contributed by atoms with Crippen molar-refractivity contribution in [3.63, 3.8) is 0 Å². The quantitative estimate of drug-likeness (QED) is 0.456. The number of hydrogen-bond acceptors (Lipinski definition) is 7. The molecule has 1 aliphatic heterocycles. The summed E-state index contributed by atoms with van der Waals surface area (Å²) in [5.41, 5.74) is 9.74. The minimum Gasteiger partial charge on any atom is -0.383 e. The van der Waals surface area contributed by atoms with Crippen LogP contribution in [0, 0.1) is 0 Å². The monoisotopic (exact) mass is 458 g/mol. The highest BCUT2D eigenvalue weighted by molar-refractivity contribution is 6.00. The van der Waals surface area contributed by atoms with Gasteiger partial charge < -0.3 is 10.6 Å². The number of likely N-dealkylation sites (tertiary alicyclic amines) is 1. The first kappa shape index (κ1) is 21.7. The zero-order valence-electron chi connectivity index (χ0n) is 19.2. The van der Waals surface area contributed by atoms with E-state index >= 15 is 0 Å². The number of carbonyl (C=O) groups is 2. The van der Waals surface area contributed by atoms with E-state index < -0.39 is 0 Å². The van der Waals surface area contributed by atoms with Crippen molar-refractivity contribution < 1.29 is 9.59 Å². The molecule has 1 aliphatic rings. The van der Waals surface area contributed by atoms with Crippen LogP contribution in [0.4, 0.5) is 5.82 Å². The number of fused-ring (bicyclic) bond motifs is 1. The third-order valence-electron chi connectivity index (χ3n) is 6.40. The van der Waals surface area contributed by atoms with Crippen LogP contribution in [0.15, 0.2) is 43.0 Å². The molecule has 34 heavy (non-hydrogen) atoms. The van der Waals surface area contributed by atoms with Gasteiger partial charge in [-0.3, -0.25) is 9.59 Å². The lowest BCUT2D eigenvalue weighted by molar-refractivity contribution is -0.131. The number of ketones is 1. The highest BCUT2D eigenvalue weighted by atomic mass is 16.2. The van der Waals surface area contributed by atoms with Crippen molar-refractivity contribution in [3.05, 3.63) is 54.2 Å². The fourth-order valence-electron chi connectivity index (χ4n) is 4.60. The standard InChI is InChI=1S/C24H26N8O2/c1-3-20(34)30-11-7-16(8-12-30)22-21(15(2)33)23(25)32-24(29-22)18(14-28-32)17-5-6-19(26-13-17)31-10-4-9-27-31/h4-6,9-10,13-14,16H,3,7-8,11-12,25H2,1-2H3. The number of piperidine rings is 1.